The number of hydrogen-bond donors (Lipinski definition) is 0. The van der Waals surface area contributed by atoms with Crippen LogP contribution in [0, 0.1) is 0 Å². The zero-order valence-electron chi connectivity index (χ0n) is 10.9. The molecule has 0 saturated heterocycles. The van der Waals surface area contributed by atoms with Crippen molar-refractivity contribution >= 4 is 11.6 Å². The van der Waals surface area contributed by atoms with Gasteiger partial charge in [-0.2, -0.15) is 0 Å². The number of carbonyl (C=O) groups is 2. The summed E-state index contributed by atoms with van der Waals surface area (Å²) in [4.78, 5) is 21.0. The summed E-state index contributed by atoms with van der Waals surface area (Å²) in [6, 6.07) is 0. The fourth-order valence-electron chi connectivity index (χ4n) is 1.73. The van der Waals surface area contributed by atoms with Gasteiger partial charge in [0.25, 0.3) is 0 Å². The molecule has 0 unspecified atom stereocenters. The van der Waals surface area contributed by atoms with Crippen LogP contribution in [0.5, 0.6) is 0 Å². The molecule has 2 heteroatoms. The van der Waals surface area contributed by atoms with E-state index in [0.717, 1.165) is 44.9 Å². The molecular formula is C14H26O2. The summed E-state index contributed by atoms with van der Waals surface area (Å²) in [5, 5.41) is 0. The smallest absolute Gasteiger partial charge is 0.132 e. The lowest BCUT2D eigenvalue weighted by molar-refractivity contribution is -0.119. The highest BCUT2D eigenvalue weighted by atomic mass is 16.1. The van der Waals surface area contributed by atoms with Crippen LogP contribution in [0.4, 0.5) is 0 Å². The molecule has 0 aromatic rings. The van der Waals surface area contributed by atoms with Crippen molar-refractivity contribution in [2.45, 2.75) is 78.1 Å². The second kappa shape index (κ2) is 10.8. The van der Waals surface area contributed by atoms with Crippen molar-refractivity contribution in [2.24, 2.45) is 0 Å². The van der Waals surface area contributed by atoms with Gasteiger partial charge in [0.05, 0.1) is 0 Å². The van der Waals surface area contributed by atoms with Crippen molar-refractivity contribution < 1.29 is 9.59 Å². The van der Waals surface area contributed by atoms with Gasteiger partial charge in [-0.25, -0.2) is 0 Å². The Kier molecular flexibility index (Phi) is 10.4. The lowest BCUT2D eigenvalue weighted by atomic mass is 10.0. The van der Waals surface area contributed by atoms with Crippen molar-refractivity contribution in [1.29, 1.82) is 0 Å². The minimum absolute atomic E-state index is 0.307. The van der Waals surface area contributed by atoms with Gasteiger partial charge in [-0.1, -0.05) is 32.6 Å². The summed E-state index contributed by atoms with van der Waals surface area (Å²) in [6.45, 7) is 3.72. The molecule has 16 heavy (non-hydrogen) atoms. The Labute approximate surface area is 99.8 Å². The summed E-state index contributed by atoms with van der Waals surface area (Å²) < 4.78 is 0. The molecule has 1 rings (SSSR count). The molecule has 1 aliphatic rings. The van der Waals surface area contributed by atoms with E-state index in [4.69, 9.17) is 0 Å². The van der Waals surface area contributed by atoms with Crippen LogP contribution in [0.3, 0.4) is 0 Å². The second-order valence-electron chi connectivity index (χ2n) is 4.61. The van der Waals surface area contributed by atoms with Crippen LogP contribution in [-0.2, 0) is 9.59 Å². The maximum atomic E-state index is 10.8. The van der Waals surface area contributed by atoms with E-state index < -0.39 is 0 Å². The lowest BCUT2D eigenvalue weighted by Gasteiger charge is -2.05. The maximum Gasteiger partial charge on any atom is 0.132 e. The number of unbranched alkanes of at least 4 members (excludes halogenated alkanes) is 1. The molecule has 1 saturated carbocycles. The van der Waals surface area contributed by atoms with Gasteiger partial charge in [0, 0.05) is 19.3 Å². The normalized spacial score (nSPS) is 16.8. The van der Waals surface area contributed by atoms with Gasteiger partial charge in [-0.3, -0.25) is 4.79 Å². The van der Waals surface area contributed by atoms with E-state index in [0.29, 0.717) is 11.6 Å². The molecule has 94 valence electrons. The molecule has 0 aromatic heterocycles. The first-order chi connectivity index (χ1) is 7.66. The van der Waals surface area contributed by atoms with Crippen LogP contribution in [0.25, 0.3) is 0 Å². The van der Waals surface area contributed by atoms with Crippen LogP contribution in [0.15, 0.2) is 0 Å². The van der Waals surface area contributed by atoms with Crippen molar-refractivity contribution in [3.8, 4) is 0 Å². The van der Waals surface area contributed by atoms with Gasteiger partial charge in [-0.05, 0) is 26.2 Å². The summed E-state index contributed by atoms with van der Waals surface area (Å²) in [6.07, 6.45) is 10.8. The van der Waals surface area contributed by atoms with E-state index >= 15 is 0 Å². The van der Waals surface area contributed by atoms with Gasteiger partial charge < -0.3 is 4.79 Å². The first-order valence-corrected chi connectivity index (χ1v) is 6.68. The third-order valence-corrected chi connectivity index (χ3v) is 2.79. The number of Topliss-reactive ketones (excluding diaryl/α,β-unsaturated/α-hetero) is 2. The van der Waals surface area contributed by atoms with Gasteiger partial charge in [0.1, 0.15) is 11.6 Å². The molecule has 0 aromatic carbocycles. The zero-order valence-corrected chi connectivity index (χ0v) is 10.9. The third-order valence-electron chi connectivity index (χ3n) is 2.79. The van der Waals surface area contributed by atoms with E-state index in [9.17, 15) is 9.59 Å². The SMILES string of the molecule is CCCCC(C)=O.O=C1CCCCCCC1. The third kappa shape index (κ3) is 11.4. The number of rotatable bonds is 3. The first kappa shape index (κ1) is 15.3. The Bertz CT molecular complexity index is 187. The molecular weight excluding hydrogens is 200 g/mol. The fraction of sp³-hybridized carbons (Fsp3) is 0.857. The molecule has 0 heterocycles. The van der Waals surface area contributed by atoms with E-state index in [-0.39, 0.29) is 0 Å². The van der Waals surface area contributed by atoms with Crippen LogP contribution < -0.4 is 0 Å². The van der Waals surface area contributed by atoms with Crippen molar-refractivity contribution in [3.05, 3.63) is 0 Å². The van der Waals surface area contributed by atoms with Crippen LogP contribution >= 0.6 is 0 Å². The van der Waals surface area contributed by atoms with Gasteiger partial charge in [0.2, 0.25) is 0 Å². The molecule has 0 aliphatic heterocycles. The van der Waals surface area contributed by atoms with E-state index in [2.05, 4.69) is 6.92 Å². The predicted molar refractivity (Wildman–Crippen MR) is 67.5 cm³/mol. The molecule has 2 nitrogen and oxygen atoms in total. The molecule has 0 radical (unpaired) electrons. The number of carbonyl (C=O) groups excluding carboxylic acids is 2. The lowest BCUT2D eigenvalue weighted by Crippen LogP contribution is -2.00. The molecule has 0 amide bonds. The minimum atomic E-state index is 0.307. The predicted octanol–water partition coefficient (Wildman–Crippen LogP) is 4.07. The zero-order chi connectivity index (χ0) is 12.2. The summed E-state index contributed by atoms with van der Waals surface area (Å²) >= 11 is 0. The molecule has 0 atom stereocenters. The second-order valence-corrected chi connectivity index (χ2v) is 4.61. The largest absolute Gasteiger partial charge is 0.300 e. The summed E-state index contributed by atoms with van der Waals surface area (Å²) in [5.41, 5.74) is 0. The number of hydrogen-bond acceptors (Lipinski definition) is 2. The Morgan fingerprint density at radius 2 is 1.56 bits per heavy atom. The average Bonchev–Trinajstić information content (AvgIpc) is 2.21. The molecule has 1 fully saturated rings. The monoisotopic (exact) mass is 226 g/mol. The van der Waals surface area contributed by atoms with Crippen LogP contribution in [0.2, 0.25) is 0 Å². The summed E-state index contributed by atoms with van der Waals surface area (Å²) in [7, 11) is 0. The van der Waals surface area contributed by atoms with Crippen LogP contribution in [-0.4, -0.2) is 11.6 Å². The van der Waals surface area contributed by atoms with E-state index in [1.165, 1.54) is 19.3 Å². The summed E-state index contributed by atoms with van der Waals surface area (Å²) in [5.74, 6) is 0.788. The van der Waals surface area contributed by atoms with E-state index in [1.54, 1.807) is 6.92 Å². The Hall–Kier alpha value is -0.660. The van der Waals surface area contributed by atoms with Gasteiger partial charge in [-0.15, -0.1) is 0 Å². The Morgan fingerprint density at radius 3 is 1.94 bits per heavy atom. The Balaban J connectivity index is 0.000000293. The topological polar surface area (TPSA) is 34.1 Å². The highest BCUT2D eigenvalue weighted by molar-refractivity contribution is 5.78. The molecule has 0 bridgehead atoms. The number of ketones is 2. The molecule has 1 aliphatic carbocycles. The first-order valence-electron chi connectivity index (χ1n) is 6.68. The average molecular weight is 226 g/mol. The standard InChI is InChI=1S/C8H14O.C6H12O/c9-8-6-4-2-1-3-5-7-8;1-3-4-5-6(2)7/h1-7H2;3-5H2,1-2H3. The van der Waals surface area contributed by atoms with Crippen LogP contribution in [0.1, 0.15) is 78.1 Å². The highest BCUT2D eigenvalue weighted by Crippen LogP contribution is 2.13. The Morgan fingerprint density at radius 1 is 1.06 bits per heavy atom. The van der Waals surface area contributed by atoms with Crippen molar-refractivity contribution in [1.82, 2.24) is 0 Å². The fourth-order valence-corrected chi connectivity index (χ4v) is 1.73. The van der Waals surface area contributed by atoms with Gasteiger partial charge in [0.15, 0.2) is 0 Å². The van der Waals surface area contributed by atoms with E-state index in [1.807, 2.05) is 0 Å². The highest BCUT2D eigenvalue weighted by Gasteiger charge is 2.04. The van der Waals surface area contributed by atoms with Gasteiger partial charge >= 0.3 is 0 Å². The quantitative estimate of drug-likeness (QED) is 0.727. The van der Waals surface area contributed by atoms with Crippen molar-refractivity contribution in [3.63, 3.8) is 0 Å². The maximum absolute atomic E-state index is 10.8. The molecule has 0 spiro atoms. The minimum Gasteiger partial charge on any atom is -0.300 e. The van der Waals surface area contributed by atoms with Crippen molar-refractivity contribution in [2.75, 3.05) is 0 Å². The molecule has 0 N–H and O–H groups in total.